The molecule has 0 aromatic heterocycles. The number of hydrogen-bond acceptors (Lipinski definition) is 2. The van der Waals surface area contributed by atoms with Crippen LogP contribution in [0.3, 0.4) is 0 Å². The van der Waals surface area contributed by atoms with Gasteiger partial charge in [0.15, 0.2) is 10.9 Å². The van der Waals surface area contributed by atoms with Crippen molar-refractivity contribution in [2.24, 2.45) is 0 Å². The number of halogens is 1. The van der Waals surface area contributed by atoms with E-state index in [1.54, 1.807) is 30.5 Å². The molecule has 0 bridgehead atoms. The van der Waals surface area contributed by atoms with Gasteiger partial charge in [-0.15, -0.1) is 0 Å². The predicted molar refractivity (Wildman–Crippen MR) is 91.9 cm³/mol. The first-order valence-corrected chi connectivity index (χ1v) is 7.56. The van der Waals surface area contributed by atoms with Crippen molar-refractivity contribution in [3.8, 4) is 0 Å². The number of hydrogen-bond donors (Lipinski definition) is 2. The summed E-state index contributed by atoms with van der Waals surface area (Å²) in [6.45, 7) is 0. The summed E-state index contributed by atoms with van der Waals surface area (Å²) in [5, 5.41) is 7.19. The lowest BCUT2D eigenvalue weighted by atomic mass is 9.92. The second-order valence-electron chi connectivity index (χ2n) is 4.90. The molecule has 5 heteroatoms. The highest BCUT2D eigenvalue weighted by Gasteiger charge is 2.27. The van der Waals surface area contributed by atoms with Gasteiger partial charge in [0.2, 0.25) is 0 Å². The summed E-state index contributed by atoms with van der Waals surface area (Å²) >= 11 is 11.1. The number of carbonyl (C=O) groups is 1. The third kappa shape index (κ3) is 3.03. The van der Waals surface area contributed by atoms with E-state index in [4.69, 9.17) is 23.8 Å². The van der Waals surface area contributed by atoms with Crippen LogP contribution in [-0.2, 0) is 0 Å². The standard InChI is InChI=1S/C17H13ClN2OS/c18-13-8-6-11(7-9-13)15-14(10-19-17(22)20-15)16(21)12-4-2-1-3-5-12/h1-10,15H,(H2,19,20,22)/t15-/m1/s1. The van der Waals surface area contributed by atoms with Crippen LogP contribution >= 0.6 is 23.8 Å². The van der Waals surface area contributed by atoms with Crippen LogP contribution in [0.2, 0.25) is 5.02 Å². The highest BCUT2D eigenvalue weighted by molar-refractivity contribution is 7.80. The minimum atomic E-state index is -0.293. The van der Waals surface area contributed by atoms with Gasteiger partial charge < -0.3 is 10.6 Å². The monoisotopic (exact) mass is 328 g/mol. The fraction of sp³-hybridized carbons (Fsp3) is 0.0588. The summed E-state index contributed by atoms with van der Waals surface area (Å²) in [6.07, 6.45) is 1.67. The Morgan fingerprint density at radius 1 is 1.05 bits per heavy atom. The molecule has 0 saturated heterocycles. The summed E-state index contributed by atoms with van der Waals surface area (Å²) in [5.74, 6) is -0.0388. The van der Waals surface area contributed by atoms with E-state index in [1.807, 2.05) is 30.3 Å². The third-order valence-electron chi connectivity index (χ3n) is 3.45. The van der Waals surface area contributed by atoms with Crippen LogP contribution in [0.15, 0.2) is 66.4 Å². The summed E-state index contributed by atoms with van der Waals surface area (Å²) in [5.41, 5.74) is 2.19. The van der Waals surface area contributed by atoms with Crippen LogP contribution in [0.4, 0.5) is 0 Å². The minimum absolute atomic E-state index is 0.0388. The second-order valence-corrected chi connectivity index (χ2v) is 5.74. The topological polar surface area (TPSA) is 41.1 Å². The Balaban J connectivity index is 1.98. The summed E-state index contributed by atoms with van der Waals surface area (Å²) in [6, 6.07) is 16.3. The molecule has 1 heterocycles. The Bertz CT molecular complexity index is 741. The van der Waals surface area contributed by atoms with Crippen molar-refractivity contribution in [1.29, 1.82) is 0 Å². The number of benzene rings is 2. The highest BCUT2D eigenvalue weighted by atomic mass is 35.5. The Morgan fingerprint density at radius 2 is 1.73 bits per heavy atom. The van der Waals surface area contributed by atoms with E-state index in [0.717, 1.165) is 5.56 Å². The number of rotatable bonds is 3. The van der Waals surface area contributed by atoms with Gasteiger partial charge in [-0.05, 0) is 29.9 Å². The normalized spacial score (nSPS) is 17.2. The van der Waals surface area contributed by atoms with Crippen molar-refractivity contribution >= 4 is 34.7 Å². The van der Waals surface area contributed by atoms with Crippen molar-refractivity contribution in [3.05, 3.63) is 82.5 Å². The molecule has 0 unspecified atom stereocenters. The van der Waals surface area contributed by atoms with Gasteiger partial charge in [0.1, 0.15) is 0 Å². The Morgan fingerprint density at radius 3 is 2.41 bits per heavy atom. The van der Waals surface area contributed by atoms with E-state index in [-0.39, 0.29) is 11.8 Å². The van der Waals surface area contributed by atoms with Crippen LogP contribution in [0.5, 0.6) is 0 Å². The molecule has 0 saturated carbocycles. The van der Waals surface area contributed by atoms with E-state index in [0.29, 0.717) is 21.3 Å². The maximum atomic E-state index is 12.7. The lowest BCUT2D eigenvalue weighted by Gasteiger charge is -2.27. The molecule has 1 atom stereocenters. The van der Waals surface area contributed by atoms with Gasteiger partial charge in [-0.2, -0.15) is 0 Å². The van der Waals surface area contributed by atoms with Crippen molar-refractivity contribution in [1.82, 2.24) is 10.6 Å². The van der Waals surface area contributed by atoms with E-state index < -0.39 is 0 Å². The summed E-state index contributed by atoms with van der Waals surface area (Å²) in [7, 11) is 0. The highest BCUT2D eigenvalue weighted by Crippen LogP contribution is 2.27. The summed E-state index contributed by atoms with van der Waals surface area (Å²) < 4.78 is 0. The first-order chi connectivity index (χ1) is 10.6. The molecule has 3 nitrogen and oxygen atoms in total. The fourth-order valence-electron chi connectivity index (χ4n) is 2.35. The van der Waals surface area contributed by atoms with Crippen molar-refractivity contribution in [2.75, 3.05) is 0 Å². The van der Waals surface area contributed by atoms with Gasteiger partial charge in [-0.3, -0.25) is 4.79 Å². The Labute approximate surface area is 139 Å². The molecule has 0 fully saturated rings. The van der Waals surface area contributed by atoms with Crippen molar-refractivity contribution in [3.63, 3.8) is 0 Å². The minimum Gasteiger partial charge on any atom is -0.351 e. The first kappa shape index (κ1) is 14.8. The van der Waals surface area contributed by atoms with Crippen LogP contribution in [0.1, 0.15) is 22.0 Å². The quantitative estimate of drug-likeness (QED) is 0.667. The zero-order valence-electron chi connectivity index (χ0n) is 11.5. The Hall–Kier alpha value is -2.17. The van der Waals surface area contributed by atoms with Gasteiger partial charge in [-0.25, -0.2) is 0 Å². The molecular formula is C17H13ClN2OS. The van der Waals surface area contributed by atoms with E-state index in [9.17, 15) is 4.79 Å². The van der Waals surface area contributed by atoms with E-state index in [1.165, 1.54) is 0 Å². The average Bonchev–Trinajstić information content (AvgIpc) is 2.56. The first-order valence-electron chi connectivity index (χ1n) is 6.77. The Kier molecular flexibility index (Phi) is 4.22. The maximum Gasteiger partial charge on any atom is 0.192 e. The van der Waals surface area contributed by atoms with Crippen molar-refractivity contribution < 1.29 is 4.79 Å². The number of nitrogens with one attached hydrogen (secondary N) is 2. The zero-order valence-corrected chi connectivity index (χ0v) is 13.1. The fourth-order valence-corrected chi connectivity index (χ4v) is 2.65. The maximum absolute atomic E-state index is 12.7. The molecule has 22 heavy (non-hydrogen) atoms. The molecular weight excluding hydrogens is 316 g/mol. The second kappa shape index (κ2) is 6.30. The third-order valence-corrected chi connectivity index (χ3v) is 3.93. The molecule has 0 amide bonds. The predicted octanol–water partition coefficient (Wildman–Crippen LogP) is 3.63. The summed E-state index contributed by atoms with van der Waals surface area (Å²) in [4.78, 5) is 12.7. The zero-order chi connectivity index (χ0) is 15.5. The van der Waals surface area contributed by atoms with Gasteiger partial charge in [0, 0.05) is 22.4 Å². The van der Waals surface area contributed by atoms with Crippen LogP contribution in [0.25, 0.3) is 0 Å². The molecule has 1 aliphatic rings. The van der Waals surface area contributed by atoms with Gasteiger partial charge in [0.25, 0.3) is 0 Å². The number of ketones is 1. The van der Waals surface area contributed by atoms with E-state index in [2.05, 4.69) is 10.6 Å². The average molecular weight is 329 g/mol. The molecule has 0 aliphatic carbocycles. The number of Topliss-reactive ketones (excluding diaryl/α,β-unsaturated/α-hetero) is 1. The van der Waals surface area contributed by atoms with Crippen LogP contribution in [0, 0.1) is 0 Å². The molecule has 2 N–H and O–H groups in total. The lowest BCUT2D eigenvalue weighted by molar-refractivity contribution is 0.102. The van der Waals surface area contributed by atoms with Crippen LogP contribution in [-0.4, -0.2) is 10.9 Å². The molecule has 1 aliphatic heterocycles. The molecule has 110 valence electrons. The SMILES string of the molecule is O=C(C1=CNC(=S)N[C@@H]1c1ccc(Cl)cc1)c1ccccc1. The van der Waals surface area contributed by atoms with Gasteiger partial charge in [0.05, 0.1) is 6.04 Å². The number of thiocarbonyl (C=S) groups is 1. The molecule has 2 aromatic rings. The molecule has 3 rings (SSSR count). The molecule has 0 radical (unpaired) electrons. The van der Waals surface area contributed by atoms with Gasteiger partial charge in [-0.1, -0.05) is 54.1 Å². The smallest absolute Gasteiger partial charge is 0.192 e. The van der Waals surface area contributed by atoms with Crippen molar-refractivity contribution in [2.45, 2.75) is 6.04 Å². The number of carbonyl (C=O) groups excluding carboxylic acids is 1. The molecule has 0 spiro atoms. The molecule has 2 aromatic carbocycles. The van der Waals surface area contributed by atoms with E-state index >= 15 is 0 Å². The lowest BCUT2D eigenvalue weighted by Crippen LogP contribution is -2.42. The van der Waals surface area contributed by atoms with Gasteiger partial charge >= 0.3 is 0 Å². The van der Waals surface area contributed by atoms with Crippen LogP contribution < -0.4 is 10.6 Å². The largest absolute Gasteiger partial charge is 0.351 e.